The summed E-state index contributed by atoms with van der Waals surface area (Å²) in [4.78, 5) is 35.4. The maximum Gasteiger partial charge on any atom is 0.308 e. The second-order valence-electron chi connectivity index (χ2n) is 5.45. The van der Waals surface area contributed by atoms with Crippen molar-refractivity contribution >= 4 is 23.3 Å². The number of rotatable bonds is 3. The van der Waals surface area contributed by atoms with Crippen LogP contribution in [0.1, 0.15) is 30.1 Å². The van der Waals surface area contributed by atoms with Gasteiger partial charge in [-0.25, -0.2) is 0 Å². The van der Waals surface area contributed by atoms with Gasteiger partial charge < -0.3 is 15.7 Å². The third-order valence-electron chi connectivity index (χ3n) is 3.97. The topological polar surface area (TPSA) is 127 Å². The van der Waals surface area contributed by atoms with Crippen LogP contribution in [0.5, 0.6) is 0 Å². The van der Waals surface area contributed by atoms with E-state index in [1.165, 1.54) is 17.0 Å². The van der Waals surface area contributed by atoms with Gasteiger partial charge in [-0.2, -0.15) is 0 Å². The fourth-order valence-corrected chi connectivity index (χ4v) is 2.59. The third-order valence-corrected chi connectivity index (χ3v) is 3.97. The van der Waals surface area contributed by atoms with Crippen LogP contribution in [-0.4, -0.2) is 39.4 Å². The van der Waals surface area contributed by atoms with Crippen molar-refractivity contribution in [3.8, 4) is 0 Å². The summed E-state index contributed by atoms with van der Waals surface area (Å²) < 4.78 is 0. The number of nitrogens with two attached hydrogens (primary N) is 1. The lowest BCUT2D eigenvalue weighted by Gasteiger charge is -2.36. The molecule has 1 amide bonds. The van der Waals surface area contributed by atoms with E-state index in [1.54, 1.807) is 0 Å². The highest BCUT2D eigenvalue weighted by Crippen LogP contribution is 2.27. The highest BCUT2D eigenvalue weighted by Gasteiger charge is 2.34. The minimum atomic E-state index is -0.947. The molecule has 1 saturated heterocycles. The van der Waals surface area contributed by atoms with Gasteiger partial charge >= 0.3 is 5.97 Å². The molecule has 118 valence electrons. The van der Waals surface area contributed by atoms with Gasteiger partial charge in [0, 0.05) is 30.4 Å². The SMILES string of the molecule is CC1CCC(C(=O)O)CN1C(=O)c1cc([N+](=O)[O-])ccc1N. The molecule has 0 aromatic heterocycles. The first-order chi connectivity index (χ1) is 10.3. The van der Waals surface area contributed by atoms with E-state index in [9.17, 15) is 19.7 Å². The van der Waals surface area contributed by atoms with Gasteiger partial charge in [0.05, 0.1) is 16.4 Å². The fraction of sp³-hybridized carbons (Fsp3) is 0.429. The van der Waals surface area contributed by atoms with Gasteiger partial charge in [0.2, 0.25) is 0 Å². The zero-order valence-corrected chi connectivity index (χ0v) is 12.1. The van der Waals surface area contributed by atoms with Crippen LogP contribution in [0.15, 0.2) is 18.2 Å². The van der Waals surface area contributed by atoms with Gasteiger partial charge in [0.25, 0.3) is 11.6 Å². The summed E-state index contributed by atoms with van der Waals surface area (Å²) in [6.07, 6.45) is 1.07. The molecule has 0 saturated carbocycles. The van der Waals surface area contributed by atoms with Gasteiger partial charge in [-0.1, -0.05) is 0 Å². The molecule has 0 aliphatic carbocycles. The first-order valence-corrected chi connectivity index (χ1v) is 6.89. The minimum absolute atomic E-state index is 0.0343. The Bertz CT molecular complexity index is 631. The number of hydrogen-bond donors (Lipinski definition) is 2. The number of carboxylic acid groups (broad SMARTS) is 1. The summed E-state index contributed by atoms with van der Waals surface area (Å²) in [7, 11) is 0. The minimum Gasteiger partial charge on any atom is -0.481 e. The number of nitro benzene ring substituents is 1. The number of carboxylic acids is 1. The van der Waals surface area contributed by atoms with Crippen LogP contribution in [0.2, 0.25) is 0 Å². The Kier molecular flexibility index (Phi) is 4.30. The van der Waals surface area contributed by atoms with Crippen LogP contribution >= 0.6 is 0 Å². The lowest BCUT2D eigenvalue weighted by Crippen LogP contribution is -2.47. The van der Waals surface area contributed by atoms with E-state index >= 15 is 0 Å². The maximum atomic E-state index is 12.6. The molecular formula is C14H17N3O5. The molecule has 0 radical (unpaired) electrons. The molecule has 1 aliphatic heterocycles. The lowest BCUT2D eigenvalue weighted by molar-refractivity contribution is -0.384. The molecule has 0 spiro atoms. The van der Waals surface area contributed by atoms with Crippen molar-refractivity contribution in [3.05, 3.63) is 33.9 Å². The van der Waals surface area contributed by atoms with Crippen LogP contribution in [0.3, 0.4) is 0 Å². The van der Waals surface area contributed by atoms with Gasteiger partial charge in [-0.15, -0.1) is 0 Å². The number of anilines is 1. The number of nitrogens with zero attached hydrogens (tertiary/aromatic N) is 2. The lowest BCUT2D eigenvalue weighted by atomic mass is 9.92. The van der Waals surface area contributed by atoms with Crippen molar-refractivity contribution in [2.45, 2.75) is 25.8 Å². The van der Waals surface area contributed by atoms with Crippen LogP contribution in [0, 0.1) is 16.0 Å². The average molecular weight is 307 g/mol. The molecule has 2 atom stereocenters. The number of carbonyl (C=O) groups is 2. The molecule has 3 N–H and O–H groups in total. The number of nitro groups is 1. The Morgan fingerprint density at radius 2 is 2.09 bits per heavy atom. The van der Waals surface area contributed by atoms with Crippen molar-refractivity contribution in [1.29, 1.82) is 0 Å². The molecule has 0 bridgehead atoms. The number of hydrogen-bond acceptors (Lipinski definition) is 5. The largest absolute Gasteiger partial charge is 0.481 e. The summed E-state index contributed by atoms with van der Waals surface area (Å²) >= 11 is 0. The number of aliphatic carboxylic acids is 1. The van der Waals surface area contributed by atoms with E-state index in [4.69, 9.17) is 10.8 Å². The number of benzene rings is 1. The second kappa shape index (κ2) is 6.00. The highest BCUT2D eigenvalue weighted by molar-refractivity contribution is 6.00. The molecule has 1 fully saturated rings. The normalized spacial score (nSPS) is 21.4. The third kappa shape index (κ3) is 3.00. The second-order valence-corrected chi connectivity index (χ2v) is 5.45. The monoisotopic (exact) mass is 307 g/mol. The Hall–Kier alpha value is -2.64. The molecule has 1 heterocycles. The molecule has 1 aliphatic rings. The van der Waals surface area contributed by atoms with Crippen LogP contribution in [0.4, 0.5) is 11.4 Å². The van der Waals surface area contributed by atoms with Crippen molar-refractivity contribution < 1.29 is 19.6 Å². The standard InChI is InChI=1S/C14H17N3O5/c1-8-2-3-9(14(19)20)7-16(8)13(18)11-6-10(17(21)22)4-5-12(11)15/h4-6,8-9H,2-3,7,15H2,1H3,(H,19,20). The van der Waals surface area contributed by atoms with Crippen molar-refractivity contribution in [3.63, 3.8) is 0 Å². The molecular weight excluding hydrogens is 290 g/mol. The highest BCUT2D eigenvalue weighted by atomic mass is 16.6. The predicted octanol–water partition coefficient (Wildman–Crippen LogP) is 1.50. The van der Waals surface area contributed by atoms with Gasteiger partial charge in [-0.05, 0) is 25.8 Å². The fourth-order valence-electron chi connectivity index (χ4n) is 2.59. The number of piperidine rings is 1. The van der Waals surface area contributed by atoms with Gasteiger partial charge in [0.15, 0.2) is 0 Å². The maximum absolute atomic E-state index is 12.6. The van der Waals surface area contributed by atoms with E-state index in [0.29, 0.717) is 12.8 Å². The Balaban J connectivity index is 2.31. The predicted molar refractivity (Wildman–Crippen MR) is 78.4 cm³/mol. The Labute approximate surface area is 126 Å². The molecule has 8 heteroatoms. The summed E-state index contributed by atoms with van der Waals surface area (Å²) in [5, 5.41) is 19.9. The Morgan fingerprint density at radius 3 is 2.68 bits per heavy atom. The molecule has 1 aromatic rings. The van der Waals surface area contributed by atoms with E-state index in [-0.39, 0.29) is 29.5 Å². The zero-order valence-electron chi connectivity index (χ0n) is 12.1. The number of amides is 1. The molecule has 8 nitrogen and oxygen atoms in total. The summed E-state index contributed by atoms with van der Waals surface area (Å²) in [6.45, 7) is 1.90. The number of non-ortho nitro benzene ring substituents is 1. The first-order valence-electron chi connectivity index (χ1n) is 6.89. The summed E-state index contributed by atoms with van der Waals surface area (Å²) in [6, 6.07) is 3.54. The molecule has 1 aromatic carbocycles. The van der Waals surface area contributed by atoms with Crippen molar-refractivity contribution in [2.24, 2.45) is 5.92 Å². The zero-order chi connectivity index (χ0) is 16.4. The smallest absolute Gasteiger partial charge is 0.308 e. The molecule has 2 rings (SSSR count). The van der Waals surface area contributed by atoms with Crippen LogP contribution < -0.4 is 5.73 Å². The Morgan fingerprint density at radius 1 is 1.41 bits per heavy atom. The van der Waals surface area contributed by atoms with Crippen molar-refractivity contribution in [1.82, 2.24) is 4.90 Å². The van der Waals surface area contributed by atoms with Crippen LogP contribution in [0.25, 0.3) is 0 Å². The number of carbonyl (C=O) groups excluding carboxylic acids is 1. The average Bonchev–Trinajstić information content (AvgIpc) is 2.47. The molecule has 2 unspecified atom stereocenters. The number of likely N-dealkylation sites (tertiary alicyclic amines) is 1. The van der Waals surface area contributed by atoms with E-state index in [0.717, 1.165) is 6.07 Å². The van der Waals surface area contributed by atoms with Crippen molar-refractivity contribution in [2.75, 3.05) is 12.3 Å². The summed E-state index contributed by atoms with van der Waals surface area (Å²) in [5.74, 6) is -2.04. The van der Waals surface area contributed by atoms with E-state index in [2.05, 4.69) is 0 Å². The number of nitrogen functional groups attached to an aromatic ring is 1. The van der Waals surface area contributed by atoms with Crippen LogP contribution in [-0.2, 0) is 4.79 Å². The van der Waals surface area contributed by atoms with E-state index in [1.807, 2.05) is 6.92 Å². The quantitative estimate of drug-likeness (QED) is 0.495. The summed E-state index contributed by atoms with van der Waals surface area (Å²) in [5.41, 5.74) is 5.70. The first kappa shape index (κ1) is 15.7. The molecule has 22 heavy (non-hydrogen) atoms. The van der Waals surface area contributed by atoms with E-state index < -0.39 is 22.7 Å². The van der Waals surface area contributed by atoms with Gasteiger partial charge in [-0.3, -0.25) is 19.7 Å². The van der Waals surface area contributed by atoms with Gasteiger partial charge in [0.1, 0.15) is 0 Å².